The van der Waals surface area contributed by atoms with E-state index in [0.717, 1.165) is 63.7 Å². The molecule has 1 aliphatic heterocycles. The quantitative estimate of drug-likeness (QED) is 0.865. The van der Waals surface area contributed by atoms with Gasteiger partial charge in [0.2, 0.25) is 0 Å². The first kappa shape index (κ1) is 17.2. The number of benzene rings is 1. The Morgan fingerprint density at radius 2 is 1.96 bits per heavy atom. The molecule has 138 valence electrons. The van der Waals surface area contributed by atoms with Crippen molar-refractivity contribution in [3.63, 3.8) is 0 Å². The van der Waals surface area contributed by atoms with Gasteiger partial charge in [-0.05, 0) is 56.7 Å². The minimum atomic E-state index is -0.240. The zero-order valence-corrected chi connectivity index (χ0v) is 14.9. The fraction of sp³-hybridized carbons (Fsp3) is 0.550. The number of carbonyl (C=O) groups is 1. The van der Waals surface area contributed by atoms with Gasteiger partial charge in [0, 0.05) is 24.6 Å². The topological polar surface area (TPSA) is 84.2 Å². The summed E-state index contributed by atoms with van der Waals surface area (Å²) in [4.78, 5) is 30.0. The minimum Gasteiger partial charge on any atom is -0.393 e. The number of aryl methyl sites for hydroxylation is 1. The molecule has 0 saturated heterocycles. The summed E-state index contributed by atoms with van der Waals surface area (Å²) in [7, 11) is 0. The normalized spacial score (nSPS) is 23.3. The summed E-state index contributed by atoms with van der Waals surface area (Å²) < 4.78 is 1.79. The summed E-state index contributed by atoms with van der Waals surface area (Å²) >= 11 is 0. The summed E-state index contributed by atoms with van der Waals surface area (Å²) in [5.74, 6) is 0.698. The van der Waals surface area contributed by atoms with Crippen LogP contribution in [0.15, 0.2) is 23.0 Å². The monoisotopic (exact) mass is 355 g/mol. The van der Waals surface area contributed by atoms with Crippen LogP contribution in [0.25, 0.3) is 10.9 Å². The number of fused-ring (bicyclic) bond motifs is 2. The molecule has 2 aliphatic rings. The third kappa shape index (κ3) is 3.38. The predicted octanol–water partition coefficient (Wildman–Crippen LogP) is 2.16. The largest absolute Gasteiger partial charge is 0.393 e. The van der Waals surface area contributed by atoms with E-state index in [4.69, 9.17) is 0 Å². The Labute approximate surface area is 152 Å². The third-order valence-electron chi connectivity index (χ3n) is 5.61. The summed E-state index contributed by atoms with van der Waals surface area (Å²) in [5, 5.41) is 13.2. The molecule has 0 atom stereocenters. The van der Waals surface area contributed by atoms with E-state index in [0.29, 0.717) is 16.5 Å². The van der Waals surface area contributed by atoms with E-state index >= 15 is 0 Å². The highest BCUT2D eigenvalue weighted by molar-refractivity contribution is 5.97. The van der Waals surface area contributed by atoms with E-state index in [1.165, 1.54) is 0 Å². The number of carbonyl (C=O) groups excluding carboxylic acids is 1. The predicted molar refractivity (Wildman–Crippen MR) is 99.3 cm³/mol. The van der Waals surface area contributed by atoms with Crippen LogP contribution in [0.3, 0.4) is 0 Å². The van der Waals surface area contributed by atoms with Crippen molar-refractivity contribution in [1.29, 1.82) is 0 Å². The molecule has 0 unspecified atom stereocenters. The van der Waals surface area contributed by atoms with Crippen LogP contribution in [0.5, 0.6) is 0 Å². The third-order valence-corrected chi connectivity index (χ3v) is 5.61. The average molecular weight is 355 g/mol. The van der Waals surface area contributed by atoms with Crippen molar-refractivity contribution >= 4 is 16.8 Å². The number of aliphatic hydroxyl groups is 1. The number of aromatic nitrogens is 2. The first-order valence-corrected chi connectivity index (χ1v) is 9.64. The Morgan fingerprint density at radius 1 is 1.15 bits per heavy atom. The number of hydrogen-bond acceptors (Lipinski definition) is 4. The number of hydrogen-bond donors (Lipinski definition) is 2. The second kappa shape index (κ2) is 7.19. The molecule has 26 heavy (non-hydrogen) atoms. The van der Waals surface area contributed by atoms with Gasteiger partial charge in [0.1, 0.15) is 5.82 Å². The van der Waals surface area contributed by atoms with Gasteiger partial charge < -0.3 is 10.4 Å². The van der Waals surface area contributed by atoms with Crippen molar-refractivity contribution in [3.05, 3.63) is 39.9 Å². The van der Waals surface area contributed by atoms with Gasteiger partial charge >= 0.3 is 0 Å². The summed E-state index contributed by atoms with van der Waals surface area (Å²) in [5.41, 5.74) is 1.14. The molecule has 0 radical (unpaired) electrons. The van der Waals surface area contributed by atoms with Gasteiger partial charge in [0.15, 0.2) is 0 Å². The van der Waals surface area contributed by atoms with Crippen LogP contribution >= 0.6 is 0 Å². The number of nitrogens with one attached hydrogen (secondary N) is 1. The zero-order chi connectivity index (χ0) is 18.1. The lowest BCUT2D eigenvalue weighted by molar-refractivity contribution is 0.0868. The molecule has 0 spiro atoms. The molecular weight excluding hydrogens is 330 g/mol. The standard InChI is InChI=1S/C20H25N3O3/c24-15-8-6-14(7-9-15)21-19(25)13-5-10-16-17(12-13)22-18-4-2-1-3-11-23(18)20(16)26/h5,10,12,14-15,24H,1-4,6-9,11H2,(H,21,25). The van der Waals surface area contributed by atoms with E-state index in [2.05, 4.69) is 10.3 Å². The van der Waals surface area contributed by atoms with Crippen LogP contribution in [0.2, 0.25) is 0 Å². The Hall–Kier alpha value is -2.21. The maximum absolute atomic E-state index is 12.8. The van der Waals surface area contributed by atoms with E-state index in [1.807, 2.05) is 0 Å². The number of amides is 1. The molecule has 1 aromatic carbocycles. The van der Waals surface area contributed by atoms with Crippen LogP contribution in [-0.2, 0) is 13.0 Å². The lowest BCUT2D eigenvalue weighted by Crippen LogP contribution is -2.38. The van der Waals surface area contributed by atoms with Crippen molar-refractivity contribution < 1.29 is 9.90 Å². The Bertz CT molecular complexity index is 882. The highest BCUT2D eigenvalue weighted by atomic mass is 16.3. The van der Waals surface area contributed by atoms with E-state index < -0.39 is 0 Å². The lowest BCUT2D eigenvalue weighted by atomic mass is 9.93. The smallest absolute Gasteiger partial charge is 0.261 e. The highest BCUT2D eigenvalue weighted by Crippen LogP contribution is 2.20. The van der Waals surface area contributed by atoms with Crippen molar-refractivity contribution in [2.75, 3.05) is 0 Å². The van der Waals surface area contributed by atoms with Gasteiger partial charge in [-0.15, -0.1) is 0 Å². The summed E-state index contributed by atoms with van der Waals surface area (Å²) in [6.45, 7) is 0.729. The number of aliphatic hydroxyl groups excluding tert-OH is 1. The molecular formula is C20H25N3O3. The summed E-state index contributed by atoms with van der Waals surface area (Å²) in [6.07, 6.45) is 6.80. The van der Waals surface area contributed by atoms with Crippen LogP contribution in [-0.4, -0.2) is 32.7 Å². The molecule has 6 nitrogen and oxygen atoms in total. The SMILES string of the molecule is O=C(NC1CCC(O)CC1)c1ccc2c(=O)n3c(nc2c1)CCCCC3. The molecule has 0 bridgehead atoms. The van der Waals surface area contributed by atoms with Crippen molar-refractivity contribution in [3.8, 4) is 0 Å². The summed E-state index contributed by atoms with van der Waals surface area (Å²) in [6, 6.07) is 5.27. The maximum atomic E-state index is 12.8. The number of nitrogens with zero attached hydrogens (tertiary/aromatic N) is 2. The molecule has 2 N–H and O–H groups in total. The number of rotatable bonds is 2. The van der Waals surface area contributed by atoms with Gasteiger partial charge in [-0.3, -0.25) is 14.2 Å². The maximum Gasteiger partial charge on any atom is 0.261 e. The molecule has 1 fully saturated rings. The van der Waals surface area contributed by atoms with E-state index in [1.54, 1.807) is 22.8 Å². The first-order valence-electron chi connectivity index (χ1n) is 9.64. The highest BCUT2D eigenvalue weighted by Gasteiger charge is 2.22. The zero-order valence-electron chi connectivity index (χ0n) is 14.9. The van der Waals surface area contributed by atoms with Crippen LogP contribution in [0.4, 0.5) is 0 Å². The lowest BCUT2D eigenvalue weighted by Gasteiger charge is -2.26. The van der Waals surface area contributed by atoms with Gasteiger partial charge in [-0.25, -0.2) is 4.98 Å². The van der Waals surface area contributed by atoms with E-state index in [-0.39, 0.29) is 23.6 Å². The Morgan fingerprint density at radius 3 is 2.77 bits per heavy atom. The molecule has 6 heteroatoms. The van der Waals surface area contributed by atoms with Gasteiger partial charge in [0.25, 0.3) is 11.5 Å². The van der Waals surface area contributed by atoms with Gasteiger partial charge in [-0.2, -0.15) is 0 Å². The van der Waals surface area contributed by atoms with Crippen LogP contribution in [0.1, 0.15) is 61.1 Å². The molecule has 2 heterocycles. The molecule has 1 saturated carbocycles. The Kier molecular flexibility index (Phi) is 4.76. The fourth-order valence-corrected chi connectivity index (χ4v) is 4.05. The van der Waals surface area contributed by atoms with Crippen molar-refractivity contribution in [2.45, 2.75) is 70.1 Å². The first-order chi connectivity index (χ1) is 12.6. The van der Waals surface area contributed by atoms with Crippen LogP contribution < -0.4 is 10.9 Å². The second-order valence-corrected chi connectivity index (χ2v) is 7.51. The minimum absolute atomic E-state index is 0.000117. The van der Waals surface area contributed by atoms with Gasteiger partial charge in [-0.1, -0.05) is 6.42 Å². The van der Waals surface area contributed by atoms with Gasteiger partial charge in [0.05, 0.1) is 17.0 Å². The molecule has 1 aromatic heterocycles. The fourth-order valence-electron chi connectivity index (χ4n) is 4.05. The van der Waals surface area contributed by atoms with Crippen molar-refractivity contribution in [1.82, 2.24) is 14.9 Å². The molecule has 1 amide bonds. The average Bonchev–Trinajstić information content (AvgIpc) is 2.89. The van der Waals surface area contributed by atoms with Crippen LogP contribution in [0, 0.1) is 0 Å². The molecule has 4 rings (SSSR count). The Balaban J connectivity index is 1.61. The second-order valence-electron chi connectivity index (χ2n) is 7.51. The van der Waals surface area contributed by atoms with E-state index in [9.17, 15) is 14.7 Å². The molecule has 2 aromatic rings. The molecule has 1 aliphatic carbocycles. The van der Waals surface area contributed by atoms with Crippen molar-refractivity contribution in [2.24, 2.45) is 0 Å².